The largest absolute Gasteiger partial charge is 0.319 e. The lowest BCUT2D eigenvalue weighted by Gasteiger charge is -2.14. The molecule has 20 heavy (non-hydrogen) atoms. The monoisotopic (exact) mass is 422 g/mol. The number of nitrogens with one attached hydrogen (secondary N) is 1. The maximum atomic E-state index is 12.4. The predicted molar refractivity (Wildman–Crippen MR) is 81.6 cm³/mol. The Bertz CT molecular complexity index is 730. The standard InChI is InChI=1S/C11H12Br2N4O2S/c1-7(11-15-14-6-17(11)2)16-20(18,19)10-4-3-8(12)5-9(10)13/h3-7,16H,1-2H3. The van der Waals surface area contributed by atoms with Gasteiger partial charge in [-0.3, -0.25) is 0 Å². The van der Waals surface area contributed by atoms with Crippen molar-refractivity contribution in [2.24, 2.45) is 7.05 Å². The van der Waals surface area contributed by atoms with Gasteiger partial charge in [-0.05, 0) is 41.1 Å². The number of aryl methyl sites for hydroxylation is 1. The van der Waals surface area contributed by atoms with Gasteiger partial charge in [-0.25, -0.2) is 13.1 Å². The second-order valence-corrected chi connectivity index (χ2v) is 7.67. The van der Waals surface area contributed by atoms with E-state index in [2.05, 4.69) is 46.8 Å². The highest BCUT2D eigenvalue weighted by Gasteiger charge is 2.23. The molecule has 0 saturated carbocycles. The molecular formula is C11H12Br2N4O2S. The van der Waals surface area contributed by atoms with Crippen molar-refractivity contribution in [3.8, 4) is 0 Å². The Morgan fingerprint density at radius 2 is 2.05 bits per heavy atom. The van der Waals surface area contributed by atoms with Crippen LogP contribution in [0.15, 0.2) is 38.4 Å². The number of sulfonamides is 1. The fourth-order valence-corrected chi connectivity index (χ4v) is 4.67. The van der Waals surface area contributed by atoms with Gasteiger partial charge in [0.05, 0.1) is 10.9 Å². The van der Waals surface area contributed by atoms with Crippen LogP contribution in [0.25, 0.3) is 0 Å². The first-order valence-corrected chi connectivity index (χ1v) is 8.69. The van der Waals surface area contributed by atoms with Gasteiger partial charge in [0, 0.05) is 16.0 Å². The maximum Gasteiger partial charge on any atom is 0.242 e. The minimum Gasteiger partial charge on any atom is -0.319 e. The zero-order chi connectivity index (χ0) is 14.9. The predicted octanol–water partition coefficient (Wildman–Crippen LogP) is 2.38. The molecule has 1 aromatic heterocycles. The molecule has 0 fully saturated rings. The summed E-state index contributed by atoms with van der Waals surface area (Å²) in [7, 11) is -1.89. The molecular weight excluding hydrogens is 412 g/mol. The van der Waals surface area contributed by atoms with Crippen LogP contribution in [0.1, 0.15) is 18.8 Å². The van der Waals surface area contributed by atoms with Gasteiger partial charge in [-0.1, -0.05) is 15.9 Å². The zero-order valence-corrected chi connectivity index (χ0v) is 14.7. The number of nitrogens with zero attached hydrogens (tertiary/aromatic N) is 3. The van der Waals surface area contributed by atoms with Crippen molar-refractivity contribution in [3.05, 3.63) is 39.3 Å². The Morgan fingerprint density at radius 1 is 1.35 bits per heavy atom. The van der Waals surface area contributed by atoms with Crippen LogP contribution in [0.5, 0.6) is 0 Å². The Balaban J connectivity index is 2.30. The quantitative estimate of drug-likeness (QED) is 0.818. The summed E-state index contributed by atoms with van der Waals surface area (Å²) in [5.41, 5.74) is 0. The van der Waals surface area contributed by atoms with Crippen LogP contribution in [0.2, 0.25) is 0 Å². The molecule has 2 rings (SSSR count). The van der Waals surface area contributed by atoms with Gasteiger partial charge in [-0.15, -0.1) is 10.2 Å². The summed E-state index contributed by atoms with van der Waals surface area (Å²) in [6.45, 7) is 1.72. The van der Waals surface area contributed by atoms with E-state index in [-0.39, 0.29) is 4.90 Å². The number of benzene rings is 1. The van der Waals surface area contributed by atoms with E-state index < -0.39 is 16.1 Å². The smallest absolute Gasteiger partial charge is 0.242 e. The minimum atomic E-state index is -3.65. The van der Waals surface area contributed by atoms with Crippen LogP contribution >= 0.6 is 31.9 Å². The van der Waals surface area contributed by atoms with Crippen LogP contribution < -0.4 is 4.72 Å². The molecule has 108 valence electrons. The zero-order valence-electron chi connectivity index (χ0n) is 10.7. The van der Waals surface area contributed by atoms with Gasteiger partial charge in [0.1, 0.15) is 12.2 Å². The van der Waals surface area contributed by atoms with E-state index in [1.807, 2.05) is 0 Å². The highest BCUT2D eigenvalue weighted by Crippen LogP contribution is 2.26. The number of aromatic nitrogens is 3. The molecule has 1 N–H and O–H groups in total. The molecule has 9 heteroatoms. The molecule has 6 nitrogen and oxygen atoms in total. The molecule has 0 saturated heterocycles. The third-order valence-corrected chi connectivity index (χ3v) is 5.66. The number of hydrogen-bond acceptors (Lipinski definition) is 4. The van der Waals surface area contributed by atoms with E-state index in [0.717, 1.165) is 4.47 Å². The van der Waals surface area contributed by atoms with E-state index >= 15 is 0 Å². The normalized spacial score (nSPS) is 13.4. The summed E-state index contributed by atoms with van der Waals surface area (Å²) in [4.78, 5) is 0.176. The van der Waals surface area contributed by atoms with Gasteiger partial charge in [0.15, 0.2) is 0 Å². The molecule has 0 aliphatic rings. The van der Waals surface area contributed by atoms with E-state index in [9.17, 15) is 8.42 Å². The Labute approximate surface area is 133 Å². The topological polar surface area (TPSA) is 76.9 Å². The summed E-state index contributed by atoms with van der Waals surface area (Å²) in [5.74, 6) is 0.543. The van der Waals surface area contributed by atoms with Crippen molar-refractivity contribution in [2.45, 2.75) is 17.9 Å². The summed E-state index contributed by atoms with van der Waals surface area (Å²) in [6, 6.07) is 4.40. The first-order chi connectivity index (χ1) is 9.31. The lowest BCUT2D eigenvalue weighted by molar-refractivity contribution is 0.553. The third kappa shape index (κ3) is 3.27. The number of rotatable bonds is 4. The van der Waals surface area contributed by atoms with Gasteiger partial charge in [-0.2, -0.15) is 0 Å². The fraction of sp³-hybridized carbons (Fsp3) is 0.273. The average molecular weight is 424 g/mol. The number of halogens is 2. The Morgan fingerprint density at radius 3 is 2.60 bits per heavy atom. The average Bonchev–Trinajstić information content (AvgIpc) is 2.74. The highest BCUT2D eigenvalue weighted by molar-refractivity contribution is 9.11. The molecule has 0 spiro atoms. The first kappa shape index (κ1) is 15.6. The number of hydrogen-bond donors (Lipinski definition) is 1. The summed E-state index contributed by atoms with van der Waals surface area (Å²) in [6.07, 6.45) is 1.52. The van der Waals surface area contributed by atoms with Crippen LogP contribution in [-0.4, -0.2) is 23.2 Å². The second-order valence-electron chi connectivity index (χ2n) is 4.22. The van der Waals surface area contributed by atoms with Crippen molar-refractivity contribution >= 4 is 41.9 Å². The molecule has 1 aromatic carbocycles. The molecule has 0 aliphatic carbocycles. The van der Waals surface area contributed by atoms with Crippen LogP contribution in [0, 0.1) is 0 Å². The van der Waals surface area contributed by atoms with Crippen molar-refractivity contribution in [2.75, 3.05) is 0 Å². The van der Waals surface area contributed by atoms with Gasteiger partial charge >= 0.3 is 0 Å². The van der Waals surface area contributed by atoms with E-state index in [4.69, 9.17) is 0 Å². The summed E-state index contributed by atoms with van der Waals surface area (Å²) < 4.78 is 30.3. The van der Waals surface area contributed by atoms with Crippen molar-refractivity contribution < 1.29 is 8.42 Å². The first-order valence-electron chi connectivity index (χ1n) is 5.62. The van der Waals surface area contributed by atoms with Crippen LogP contribution in [0.3, 0.4) is 0 Å². The fourth-order valence-electron chi connectivity index (χ4n) is 1.73. The lowest BCUT2D eigenvalue weighted by Crippen LogP contribution is -2.28. The third-order valence-electron chi connectivity index (χ3n) is 2.65. The SMILES string of the molecule is CC(NS(=O)(=O)c1ccc(Br)cc1Br)c1nncn1C. The summed E-state index contributed by atoms with van der Waals surface area (Å²) >= 11 is 6.54. The molecule has 1 unspecified atom stereocenters. The molecule has 0 aliphatic heterocycles. The van der Waals surface area contributed by atoms with Crippen molar-refractivity contribution in [1.29, 1.82) is 0 Å². The Kier molecular flexibility index (Phi) is 4.62. The molecule has 0 bridgehead atoms. The molecule has 0 amide bonds. The molecule has 0 radical (unpaired) electrons. The van der Waals surface area contributed by atoms with E-state index in [1.54, 1.807) is 30.7 Å². The molecule has 1 atom stereocenters. The van der Waals surface area contributed by atoms with Gasteiger partial charge in [0.25, 0.3) is 0 Å². The second kappa shape index (κ2) is 5.92. The summed E-state index contributed by atoms with van der Waals surface area (Å²) in [5, 5.41) is 7.63. The van der Waals surface area contributed by atoms with E-state index in [0.29, 0.717) is 10.3 Å². The van der Waals surface area contributed by atoms with Crippen molar-refractivity contribution in [3.63, 3.8) is 0 Å². The maximum absolute atomic E-state index is 12.4. The Hall–Kier alpha value is -0.770. The minimum absolute atomic E-state index is 0.176. The molecule has 1 heterocycles. The lowest BCUT2D eigenvalue weighted by atomic mass is 10.3. The van der Waals surface area contributed by atoms with Gasteiger partial charge in [0.2, 0.25) is 10.0 Å². The van der Waals surface area contributed by atoms with Gasteiger partial charge < -0.3 is 4.57 Å². The molecule has 2 aromatic rings. The highest BCUT2D eigenvalue weighted by atomic mass is 79.9. The van der Waals surface area contributed by atoms with Crippen molar-refractivity contribution in [1.82, 2.24) is 19.5 Å². The van der Waals surface area contributed by atoms with E-state index in [1.165, 1.54) is 12.4 Å². The van der Waals surface area contributed by atoms with Crippen LogP contribution in [0.4, 0.5) is 0 Å². The van der Waals surface area contributed by atoms with Crippen LogP contribution in [-0.2, 0) is 17.1 Å².